The molecule has 2 aliphatic heterocycles. The zero-order valence-corrected chi connectivity index (χ0v) is 25.3. The summed E-state index contributed by atoms with van der Waals surface area (Å²) in [4.78, 5) is 29.9. The second-order valence-corrected chi connectivity index (χ2v) is 12.9. The average Bonchev–Trinajstić information content (AvgIpc) is 3.69. The van der Waals surface area contributed by atoms with Crippen LogP contribution in [-0.2, 0) is 27.3 Å². The number of hydrogen-bond donors (Lipinski definition) is 0. The van der Waals surface area contributed by atoms with Gasteiger partial charge in [0.1, 0.15) is 0 Å². The highest BCUT2D eigenvalue weighted by Gasteiger charge is 2.58. The first-order valence-corrected chi connectivity index (χ1v) is 15.4. The fourth-order valence-corrected chi connectivity index (χ4v) is 8.85. The number of Topliss-reactive ketones (excluding diaryl/α,β-unsaturated/α-hetero) is 2. The van der Waals surface area contributed by atoms with Crippen LogP contribution in [0.15, 0.2) is 78.9 Å². The van der Waals surface area contributed by atoms with Gasteiger partial charge in [-0.05, 0) is 44.9 Å². The van der Waals surface area contributed by atoms with Crippen LogP contribution in [0, 0.1) is 0 Å². The lowest BCUT2D eigenvalue weighted by Crippen LogP contribution is -2.68. The molecule has 4 aromatic carbocycles. The molecule has 1 saturated heterocycles. The van der Waals surface area contributed by atoms with Crippen molar-refractivity contribution in [3.63, 3.8) is 0 Å². The molecule has 0 amide bonds. The van der Waals surface area contributed by atoms with Crippen LogP contribution >= 0.6 is 0 Å². The van der Waals surface area contributed by atoms with Crippen molar-refractivity contribution >= 4 is 55.2 Å². The minimum absolute atomic E-state index is 0.0330. The molecule has 0 saturated carbocycles. The number of methoxy groups -OCH3 is 1. The number of aromatic nitrogens is 2. The van der Waals surface area contributed by atoms with E-state index in [0.29, 0.717) is 24.9 Å². The number of morpholine rings is 1. The largest absolute Gasteiger partial charge is 0.361 e. The molecule has 4 heterocycles. The Morgan fingerprint density at radius 2 is 1.48 bits per heavy atom. The fraction of sp³-hybridized carbons (Fsp3) is 0.297. The number of nitrogens with zero attached hydrogens (tertiary/aromatic N) is 3. The summed E-state index contributed by atoms with van der Waals surface area (Å²) in [6, 6.07) is 25.7. The molecular formula is C37H33N3O4. The second-order valence-electron chi connectivity index (χ2n) is 12.9. The zero-order chi connectivity index (χ0) is 30.1. The third-order valence-corrected chi connectivity index (χ3v) is 10.4. The van der Waals surface area contributed by atoms with E-state index in [0.717, 1.165) is 54.7 Å². The molecule has 7 nitrogen and oxygen atoms in total. The lowest BCUT2D eigenvalue weighted by molar-refractivity contribution is -0.337. The maximum Gasteiger partial charge on any atom is 0.185 e. The van der Waals surface area contributed by atoms with E-state index >= 15 is 0 Å². The summed E-state index contributed by atoms with van der Waals surface area (Å²) in [6.45, 7) is 6.59. The molecule has 1 unspecified atom stereocenters. The number of fused-ring (bicyclic) bond motifs is 13. The maximum atomic E-state index is 14.0. The van der Waals surface area contributed by atoms with Crippen molar-refractivity contribution in [2.24, 2.45) is 0 Å². The van der Waals surface area contributed by atoms with E-state index in [4.69, 9.17) is 9.47 Å². The molecule has 9 rings (SSSR count). The molecular weight excluding hydrogens is 550 g/mol. The van der Waals surface area contributed by atoms with Gasteiger partial charge in [0.25, 0.3) is 0 Å². The van der Waals surface area contributed by atoms with E-state index in [1.54, 1.807) is 7.11 Å². The van der Waals surface area contributed by atoms with Gasteiger partial charge in [0.2, 0.25) is 0 Å². The van der Waals surface area contributed by atoms with E-state index < -0.39 is 23.7 Å². The Kier molecular flexibility index (Phi) is 5.14. The molecule has 7 heteroatoms. The van der Waals surface area contributed by atoms with Gasteiger partial charge in [0, 0.05) is 52.7 Å². The van der Waals surface area contributed by atoms with Crippen molar-refractivity contribution in [3.05, 3.63) is 95.6 Å². The van der Waals surface area contributed by atoms with Crippen molar-refractivity contribution in [3.8, 4) is 0 Å². The maximum absolute atomic E-state index is 14.0. The molecule has 6 aromatic rings. The number of hydrogen-bond acceptors (Lipinski definition) is 5. The van der Waals surface area contributed by atoms with Crippen molar-refractivity contribution in [2.75, 3.05) is 13.7 Å². The van der Waals surface area contributed by atoms with Crippen molar-refractivity contribution < 1.29 is 19.1 Å². The van der Waals surface area contributed by atoms with Crippen molar-refractivity contribution in [1.82, 2.24) is 14.0 Å². The normalized spacial score (nSPS) is 25.4. The van der Waals surface area contributed by atoms with Crippen LogP contribution in [0.5, 0.6) is 0 Å². The number of carbonyl (C=O) groups is 2. The first-order valence-electron chi connectivity index (χ1n) is 15.4. The van der Waals surface area contributed by atoms with Crippen molar-refractivity contribution in [2.45, 2.75) is 57.3 Å². The van der Waals surface area contributed by atoms with E-state index in [2.05, 4.69) is 64.3 Å². The minimum atomic E-state index is -1.03. The van der Waals surface area contributed by atoms with Gasteiger partial charge in [0.15, 0.2) is 29.2 Å². The van der Waals surface area contributed by atoms with Gasteiger partial charge >= 0.3 is 0 Å². The summed E-state index contributed by atoms with van der Waals surface area (Å²) in [6.07, 6.45) is 0.644. The lowest BCUT2D eigenvalue weighted by Gasteiger charge is -2.55. The zero-order valence-electron chi connectivity index (χ0n) is 25.3. The molecule has 2 aromatic heterocycles. The quantitative estimate of drug-likeness (QED) is 0.210. The molecule has 0 spiro atoms. The molecule has 4 atom stereocenters. The number of carbonyl (C=O) groups excluding carboxylic acids is 2. The molecule has 0 radical (unpaired) electrons. The smallest absolute Gasteiger partial charge is 0.185 e. The van der Waals surface area contributed by atoms with Crippen LogP contribution in [0.3, 0.4) is 0 Å². The molecule has 2 bridgehead atoms. The second kappa shape index (κ2) is 8.66. The van der Waals surface area contributed by atoms with Gasteiger partial charge in [0.05, 0.1) is 28.1 Å². The standard InChI is InChI=1S/C37H33N3O4/c1-21(34(42)22-12-6-5-7-13-22)38-20-36(2)39-26-16-10-9-15-24(26)31-30-25(18-19-28(30)41)29-23-14-8-11-17-27(23)40(32(29)33(31)39)37(3,44-36)35(38)43-4/h5-17,21,35H,18-20H2,1-4H3/t21?,35-,36+,37-/m0/s1. The number of benzene rings is 4. The Balaban J connectivity index is 1.45. The van der Waals surface area contributed by atoms with Crippen molar-refractivity contribution in [1.29, 1.82) is 0 Å². The Bertz CT molecular complexity index is 2230. The highest BCUT2D eigenvalue weighted by molar-refractivity contribution is 6.31. The van der Waals surface area contributed by atoms with E-state index in [-0.39, 0.29) is 11.6 Å². The summed E-state index contributed by atoms with van der Waals surface area (Å²) < 4.78 is 18.4. The first-order chi connectivity index (χ1) is 21.3. The molecule has 3 aliphatic rings. The molecule has 1 fully saturated rings. The molecule has 44 heavy (non-hydrogen) atoms. The predicted octanol–water partition coefficient (Wildman–Crippen LogP) is 6.97. The number of ketones is 2. The van der Waals surface area contributed by atoms with Gasteiger partial charge in [-0.2, -0.15) is 0 Å². The monoisotopic (exact) mass is 583 g/mol. The van der Waals surface area contributed by atoms with Gasteiger partial charge in [-0.25, -0.2) is 0 Å². The van der Waals surface area contributed by atoms with Gasteiger partial charge in [-0.15, -0.1) is 0 Å². The number of ether oxygens (including phenoxy) is 2. The van der Waals surface area contributed by atoms with Crippen LogP contribution in [0.1, 0.15) is 53.5 Å². The predicted molar refractivity (Wildman–Crippen MR) is 171 cm³/mol. The molecule has 1 aliphatic carbocycles. The minimum Gasteiger partial charge on any atom is -0.361 e. The molecule has 220 valence electrons. The van der Waals surface area contributed by atoms with Crippen LogP contribution in [0.25, 0.3) is 43.6 Å². The summed E-state index contributed by atoms with van der Waals surface area (Å²) in [5.41, 5.74) is 4.81. The molecule has 0 N–H and O–H groups in total. The number of para-hydroxylation sites is 2. The number of rotatable bonds is 4. The fourth-order valence-electron chi connectivity index (χ4n) is 8.85. The highest BCUT2D eigenvalue weighted by Crippen LogP contribution is 2.55. The first kappa shape index (κ1) is 26.1. The number of aryl methyl sites for hydroxylation is 1. The average molecular weight is 584 g/mol. The summed E-state index contributed by atoms with van der Waals surface area (Å²) in [5, 5.41) is 4.27. The SMILES string of the molecule is CO[C@@H]1N(C(C)C(=O)c2ccccc2)C[C@@]2(C)O[C@]1(C)n1c3ccccc3c3c4c(c5c6ccccc6n2c5c31)C(=O)CC4. The van der Waals surface area contributed by atoms with Crippen LogP contribution in [0.4, 0.5) is 0 Å². The Hall–Kier alpha value is -4.30. The van der Waals surface area contributed by atoms with Gasteiger partial charge in [-0.3, -0.25) is 14.5 Å². The summed E-state index contributed by atoms with van der Waals surface area (Å²) in [5.74, 6) is 0.232. The van der Waals surface area contributed by atoms with E-state index in [1.807, 2.05) is 49.4 Å². The van der Waals surface area contributed by atoms with Crippen LogP contribution in [0.2, 0.25) is 0 Å². The Morgan fingerprint density at radius 1 is 0.864 bits per heavy atom. The van der Waals surface area contributed by atoms with Gasteiger partial charge in [-0.1, -0.05) is 66.7 Å². The van der Waals surface area contributed by atoms with Gasteiger partial charge < -0.3 is 18.6 Å². The van der Waals surface area contributed by atoms with E-state index in [9.17, 15) is 9.59 Å². The summed E-state index contributed by atoms with van der Waals surface area (Å²) in [7, 11) is 1.70. The van der Waals surface area contributed by atoms with Crippen LogP contribution in [-0.4, -0.2) is 51.5 Å². The highest BCUT2D eigenvalue weighted by atomic mass is 16.6. The third kappa shape index (κ3) is 3.02. The summed E-state index contributed by atoms with van der Waals surface area (Å²) >= 11 is 0. The third-order valence-electron chi connectivity index (χ3n) is 10.4. The Labute approximate surface area is 254 Å². The Morgan fingerprint density at radius 3 is 2.18 bits per heavy atom. The van der Waals surface area contributed by atoms with E-state index in [1.165, 1.54) is 0 Å². The van der Waals surface area contributed by atoms with Crippen LogP contribution < -0.4 is 0 Å². The topological polar surface area (TPSA) is 65.7 Å². The lowest BCUT2D eigenvalue weighted by atomic mass is 9.97.